The highest BCUT2D eigenvalue weighted by molar-refractivity contribution is 5.94. The van der Waals surface area contributed by atoms with Gasteiger partial charge in [-0.2, -0.15) is 0 Å². The van der Waals surface area contributed by atoms with E-state index >= 15 is 0 Å². The topological polar surface area (TPSA) is 53.1 Å². The van der Waals surface area contributed by atoms with Crippen LogP contribution >= 0.6 is 12.4 Å². The largest absolute Gasteiger partial charge is 0.453 e. The highest BCUT2D eigenvalue weighted by Gasteiger charge is 2.40. The number of halogens is 1. The van der Waals surface area contributed by atoms with Crippen LogP contribution in [-0.2, 0) is 4.74 Å². The van der Waals surface area contributed by atoms with E-state index in [4.69, 9.17) is 4.74 Å². The van der Waals surface area contributed by atoms with Gasteiger partial charge in [-0.25, -0.2) is 4.79 Å². The third-order valence-corrected chi connectivity index (χ3v) is 9.51. The van der Waals surface area contributed by atoms with Crippen molar-refractivity contribution in [2.75, 3.05) is 40.3 Å². The molecule has 2 fully saturated rings. The van der Waals surface area contributed by atoms with E-state index in [2.05, 4.69) is 62.9 Å². The van der Waals surface area contributed by atoms with Crippen LogP contribution in [0.25, 0.3) is 0 Å². The lowest BCUT2D eigenvalue weighted by molar-refractivity contribution is 0.0679. The number of carbonyl (C=O) groups excluding carboxylic acids is 2. The summed E-state index contributed by atoms with van der Waals surface area (Å²) in [6.45, 7) is 12.9. The molecule has 1 saturated carbocycles. The number of hydrogen-bond donors (Lipinski definition) is 0. The minimum atomic E-state index is -0.190. The van der Waals surface area contributed by atoms with Crippen LogP contribution in [-0.4, -0.2) is 79.1 Å². The van der Waals surface area contributed by atoms with Gasteiger partial charge in [0.1, 0.15) is 0 Å². The highest BCUT2D eigenvalue weighted by Crippen LogP contribution is 2.42. The Labute approximate surface area is 266 Å². The Bertz CT molecular complexity index is 1130. The minimum Gasteiger partial charge on any atom is -0.453 e. The number of piperidine rings is 1. The van der Waals surface area contributed by atoms with Gasteiger partial charge in [0.2, 0.25) is 0 Å². The molecule has 7 heteroatoms. The monoisotopic (exact) mass is 611 g/mol. The van der Waals surface area contributed by atoms with Crippen molar-refractivity contribution >= 4 is 24.4 Å². The van der Waals surface area contributed by atoms with E-state index in [1.807, 2.05) is 47.2 Å². The Balaban J connectivity index is 0.00000506. The SMILES string of the molecule is COC(=O)N(CCC(C)CC(C)(C)C)C1CCN(CC2CC(N(C)C(=O)c3ccccc3)CC2c2ccccc2)CC1.Cl. The number of rotatable bonds is 10. The Morgan fingerprint density at radius 3 is 2.14 bits per heavy atom. The number of likely N-dealkylation sites (tertiary alicyclic amines) is 1. The van der Waals surface area contributed by atoms with Gasteiger partial charge in [-0.05, 0) is 79.4 Å². The second kappa shape index (κ2) is 15.9. The number of nitrogens with zero attached hydrogens (tertiary/aromatic N) is 3. The average molecular weight is 612 g/mol. The summed E-state index contributed by atoms with van der Waals surface area (Å²) >= 11 is 0. The van der Waals surface area contributed by atoms with Gasteiger partial charge in [0, 0.05) is 50.9 Å². The summed E-state index contributed by atoms with van der Waals surface area (Å²) in [6.07, 6.45) is 5.91. The molecule has 2 aromatic rings. The van der Waals surface area contributed by atoms with Crippen LogP contribution in [0.2, 0.25) is 0 Å². The molecule has 0 spiro atoms. The standard InChI is InChI=1S/C36H53N3O3.ClH/c1-27(25-36(2,3)4)17-22-39(35(41)42-6)31-18-20-38(21-19-31)26-30-23-32(24-33(30)28-13-9-7-10-14-28)37(5)34(40)29-15-11-8-12-16-29;/h7-16,27,30-33H,17-26H2,1-6H3;1H. The lowest BCUT2D eigenvalue weighted by Crippen LogP contribution is -2.49. The lowest BCUT2D eigenvalue weighted by atomic mass is 9.84. The molecule has 238 valence electrons. The molecule has 4 unspecified atom stereocenters. The molecule has 1 aliphatic heterocycles. The second-order valence-corrected chi connectivity index (χ2v) is 14.0. The van der Waals surface area contributed by atoms with Crippen LogP contribution in [0, 0.1) is 17.3 Å². The number of ether oxygens (including phenoxy) is 1. The Kier molecular flexibility index (Phi) is 12.9. The molecule has 0 aromatic heterocycles. The van der Waals surface area contributed by atoms with Gasteiger partial charge in [-0.1, -0.05) is 76.2 Å². The zero-order chi connectivity index (χ0) is 30.3. The van der Waals surface area contributed by atoms with Gasteiger partial charge in [0.05, 0.1) is 7.11 Å². The molecule has 4 atom stereocenters. The summed E-state index contributed by atoms with van der Waals surface area (Å²) in [5.41, 5.74) is 2.42. The first kappa shape index (κ1) is 34.9. The third kappa shape index (κ3) is 9.71. The van der Waals surface area contributed by atoms with E-state index in [1.165, 1.54) is 12.7 Å². The average Bonchev–Trinajstić information content (AvgIpc) is 3.40. The van der Waals surface area contributed by atoms with Crippen molar-refractivity contribution in [2.24, 2.45) is 17.3 Å². The summed E-state index contributed by atoms with van der Waals surface area (Å²) in [5.74, 6) is 1.58. The van der Waals surface area contributed by atoms with Gasteiger partial charge in [-0.15, -0.1) is 12.4 Å². The molecule has 2 aromatic carbocycles. The van der Waals surface area contributed by atoms with E-state index in [1.54, 1.807) is 0 Å². The van der Waals surface area contributed by atoms with Crippen molar-refractivity contribution in [1.82, 2.24) is 14.7 Å². The molecule has 0 radical (unpaired) electrons. The number of carbonyl (C=O) groups is 2. The molecule has 1 heterocycles. The fourth-order valence-electron chi connectivity index (χ4n) is 7.46. The quantitative estimate of drug-likeness (QED) is 0.276. The zero-order valence-electron chi connectivity index (χ0n) is 27.2. The van der Waals surface area contributed by atoms with E-state index in [9.17, 15) is 9.59 Å². The predicted molar refractivity (Wildman–Crippen MR) is 178 cm³/mol. The van der Waals surface area contributed by atoms with Crippen molar-refractivity contribution < 1.29 is 14.3 Å². The molecule has 2 amide bonds. The second-order valence-electron chi connectivity index (χ2n) is 14.0. The van der Waals surface area contributed by atoms with Crippen LogP contribution in [0.3, 0.4) is 0 Å². The number of hydrogen-bond acceptors (Lipinski definition) is 4. The number of benzene rings is 2. The Morgan fingerprint density at radius 2 is 1.56 bits per heavy atom. The van der Waals surface area contributed by atoms with Crippen molar-refractivity contribution in [3.8, 4) is 0 Å². The molecule has 2 aliphatic rings. The first-order valence-electron chi connectivity index (χ1n) is 16.0. The molecular weight excluding hydrogens is 558 g/mol. The van der Waals surface area contributed by atoms with Gasteiger partial charge >= 0.3 is 6.09 Å². The van der Waals surface area contributed by atoms with Crippen LogP contribution < -0.4 is 0 Å². The maximum Gasteiger partial charge on any atom is 0.409 e. The van der Waals surface area contributed by atoms with Crippen molar-refractivity contribution in [2.45, 2.75) is 84.2 Å². The fraction of sp³-hybridized carbons (Fsp3) is 0.611. The Hall–Kier alpha value is -2.57. The molecule has 6 nitrogen and oxygen atoms in total. The summed E-state index contributed by atoms with van der Waals surface area (Å²) in [5, 5.41) is 0. The van der Waals surface area contributed by atoms with Crippen molar-refractivity contribution in [3.05, 3.63) is 71.8 Å². The van der Waals surface area contributed by atoms with Gasteiger partial charge < -0.3 is 19.4 Å². The lowest BCUT2D eigenvalue weighted by Gasteiger charge is -2.39. The van der Waals surface area contributed by atoms with E-state index in [-0.39, 0.29) is 36.5 Å². The van der Waals surface area contributed by atoms with Crippen molar-refractivity contribution in [3.63, 3.8) is 0 Å². The van der Waals surface area contributed by atoms with Crippen LogP contribution in [0.15, 0.2) is 60.7 Å². The maximum absolute atomic E-state index is 13.3. The molecule has 0 N–H and O–H groups in total. The van der Waals surface area contributed by atoms with Crippen LogP contribution in [0.4, 0.5) is 4.79 Å². The molecule has 1 saturated heterocycles. The van der Waals surface area contributed by atoms with Crippen molar-refractivity contribution in [1.29, 1.82) is 0 Å². The molecule has 43 heavy (non-hydrogen) atoms. The molecule has 1 aliphatic carbocycles. The predicted octanol–water partition coefficient (Wildman–Crippen LogP) is 7.74. The summed E-state index contributed by atoms with van der Waals surface area (Å²) < 4.78 is 5.22. The molecular formula is C36H54ClN3O3. The summed E-state index contributed by atoms with van der Waals surface area (Å²) in [6, 6.07) is 20.9. The summed E-state index contributed by atoms with van der Waals surface area (Å²) in [7, 11) is 3.47. The minimum absolute atomic E-state index is 0. The first-order chi connectivity index (χ1) is 20.1. The number of methoxy groups -OCH3 is 1. The molecule has 0 bridgehead atoms. The smallest absolute Gasteiger partial charge is 0.409 e. The maximum atomic E-state index is 13.3. The molecule has 4 rings (SSSR count). The normalized spacial score (nSPS) is 22.0. The highest BCUT2D eigenvalue weighted by atomic mass is 35.5. The van der Waals surface area contributed by atoms with Crippen LogP contribution in [0.1, 0.15) is 88.1 Å². The van der Waals surface area contributed by atoms with Crippen LogP contribution in [0.5, 0.6) is 0 Å². The van der Waals surface area contributed by atoms with E-state index in [0.717, 1.165) is 70.3 Å². The summed E-state index contributed by atoms with van der Waals surface area (Å²) in [4.78, 5) is 32.6. The van der Waals surface area contributed by atoms with Gasteiger partial charge in [0.25, 0.3) is 5.91 Å². The van der Waals surface area contributed by atoms with E-state index in [0.29, 0.717) is 23.2 Å². The van der Waals surface area contributed by atoms with E-state index < -0.39 is 0 Å². The third-order valence-electron chi connectivity index (χ3n) is 9.51. The fourth-order valence-corrected chi connectivity index (χ4v) is 7.46. The van der Waals surface area contributed by atoms with Gasteiger partial charge in [-0.3, -0.25) is 4.79 Å². The number of amides is 2. The Morgan fingerprint density at radius 1 is 0.953 bits per heavy atom. The van der Waals surface area contributed by atoms with Gasteiger partial charge in [0.15, 0.2) is 0 Å². The zero-order valence-corrected chi connectivity index (χ0v) is 28.0. The first-order valence-corrected chi connectivity index (χ1v) is 16.0.